The Morgan fingerprint density at radius 3 is 1.11 bits per heavy atom. The van der Waals surface area contributed by atoms with Gasteiger partial charge in [0.05, 0.1) is 7.11 Å². The molecule has 0 amide bonds. The van der Waals surface area contributed by atoms with E-state index in [0.29, 0.717) is 0 Å². The van der Waals surface area contributed by atoms with Crippen molar-refractivity contribution in [2.24, 2.45) is 0 Å². The average molecular weight is 274 g/mol. The molecule has 0 aromatic carbocycles. The van der Waals surface area contributed by atoms with E-state index >= 15 is 0 Å². The summed E-state index contributed by atoms with van der Waals surface area (Å²) in [7, 11) is 1.10. The van der Waals surface area contributed by atoms with Crippen LogP contribution in [0.1, 0.15) is 90.9 Å². The fourth-order valence-electron chi connectivity index (χ4n) is 1.91. The lowest BCUT2D eigenvalue weighted by molar-refractivity contribution is 0.114. The fourth-order valence-corrected chi connectivity index (χ4v) is 1.91. The molecule has 0 fully saturated rings. The highest BCUT2D eigenvalue weighted by atomic mass is 16.6. The Balaban J connectivity index is 0. The van der Waals surface area contributed by atoms with Crippen LogP contribution in [0.3, 0.4) is 0 Å². The van der Waals surface area contributed by atoms with E-state index in [1.807, 2.05) is 0 Å². The van der Waals surface area contributed by atoms with Gasteiger partial charge in [-0.15, -0.1) is 0 Å². The molecular formula is C16H34O3. The zero-order valence-corrected chi connectivity index (χ0v) is 13.2. The van der Waals surface area contributed by atoms with E-state index in [9.17, 15) is 0 Å². The second kappa shape index (κ2) is 19.6. The summed E-state index contributed by atoms with van der Waals surface area (Å²) in [6.07, 6.45) is 16.2. The van der Waals surface area contributed by atoms with Crippen LogP contribution in [0.2, 0.25) is 0 Å². The van der Waals surface area contributed by atoms with Gasteiger partial charge in [0.25, 0.3) is 0 Å². The zero-order valence-electron chi connectivity index (χ0n) is 13.2. The first-order valence-corrected chi connectivity index (χ1v) is 7.95. The third-order valence-electron chi connectivity index (χ3n) is 3.13. The quantitative estimate of drug-likeness (QED) is 0.370. The molecule has 0 aromatic rings. The first-order valence-electron chi connectivity index (χ1n) is 7.95. The summed E-state index contributed by atoms with van der Waals surface area (Å²) < 4.78 is 3.67. The molecule has 0 saturated heterocycles. The molecule has 0 aliphatic carbocycles. The number of carbonyl (C=O) groups is 1. The Kier molecular flexibility index (Phi) is 21.2. The van der Waals surface area contributed by atoms with Crippen molar-refractivity contribution in [2.45, 2.75) is 90.9 Å². The van der Waals surface area contributed by atoms with Crippen LogP contribution in [0.15, 0.2) is 0 Å². The first kappa shape index (κ1) is 20.6. The summed E-state index contributed by atoms with van der Waals surface area (Å²) in [4.78, 5) is 9.15. The second-order valence-electron chi connectivity index (χ2n) is 5.01. The summed E-state index contributed by atoms with van der Waals surface area (Å²) in [5.41, 5.74) is 0. The summed E-state index contributed by atoms with van der Waals surface area (Å²) in [6, 6.07) is 0. The van der Waals surface area contributed by atoms with Gasteiger partial charge in [-0.1, -0.05) is 90.9 Å². The number of unbranched alkanes of at least 4 members (excludes halogenated alkanes) is 11. The predicted molar refractivity (Wildman–Crippen MR) is 81.8 cm³/mol. The molecule has 0 aliphatic rings. The highest BCUT2D eigenvalue weighted by molar-refractivity contribution is 5.56. The van der Waals surface area contributed by atoms with Crippen molar-refractivity contribution in [2.75, 3.05) is 7.11 Å². The minimum absolute atomic E-state index is 1.10. The first-order chi connectivity index (χ1) is 9.18. The number of rotatable bonds is 11. The predicted octanol–water partition coefficient (Wildman–Crippen LogP) is 6.02. The molecule has 0 atom stereocenters. The van der Waals surface area contributed by atoms with Crippen molar-refractivity contribution in [1.29, 1.82) is 0 Å². The van der Waals surface area contributed by atoms with Crippen LogP contribution in [0.25, 0.3) is 0 Å². The number of hydrogen-bond donors (Lipinski definition) is 1. The van der Waals surface area contributed by atoms with E-state index in [0.717, 1.165) is 7.11 Å². The number of carboxylic acid groups (broad SMARTS) is 1. The third-order valence-corrected chi connectivity index (χ3v) is 3.13. The van der Waals surface area contributed by atoms with Gasteiger partial charge in [0.15, 0.2) is 0 Å². The molecule has 0 heterocycles. The van der Waals surface area contributed by atoms with Crippen molar-refractivity contribution in [3.8, 4) is 0 Å². The number of ether oxygens (including phenoxy) is 1. The van der Waals surface area contributed by atoms with Crippen LogP contribution in [0.5, 0.6) is 0 Å². The van der Waals surface area contributed by atoms with Crippen molar-refractivity contribution in [3.05, 3.63) is 0 Å². The molecule has 0 aliphatic heterocycles. The van der Waals surface area contributed by atoms with Crippen molar-refractivity contribution in [1.82, 2.24) is 0 Å². The monoisotopic (exact) mass is 274 g/mol. The number of hydrogen-bond acceptors (Lipinski definition) is 2. The SMILES string of the molecule is CCCCCCCCCCCCCC.COC(=O)O. The average Bonchev–Trinajstić information content (AvgIpc) is 2.41. The van der Waals surface area contributed by atoms with Gasteiger partial charge in [0, 0.05) is 0 Å². The highest BCUT2D eigenvalue weighted by Gasteiger charge is 1.91. The Labute approximate surface area is 119 Å². The van der Waals surface area contributed by atoms with Crippen molar-refractivity contribution >= 4 is 6.16 Å². The smallest absolute Gasteiger partial charge is 0.450 e. The van der Waals surface area contributed by atoms with Gasteiger partial charge < -0.3 is 9.84 Å². The van der Waals surface area contributed by atoms with Crippen LogP contribution in [0, 0.1) is 0 Å². The molecule has 0 radical (unpaired) electrons. The molecule has 1 N–H and O–H groups in total. The zero-order chi connectivity index (χ0) is 14.8. The van der Waals surface area contributed by atoms with Gasteiger partial charge in [-0.05, 0) is 0 Å². The van der Waals surface area contributed by atoms with Gasteiger partial charge in [-0.25, -0.2) is 4.79 Å². The summed E-state index contributed by atoms with van der Waals surface area (Å²) in [5, 5.41) is 7.50. The number of methoxy groups -OCH3 is 1. The molecule has 0 bridgehead atoms. The van der Waals surface area contributed by atoms with E-state index in [4.69, 9.17) is 9.90 Å². The van der Waals surface area contributed by atoms with Gasteiger partial charge in [0.2, 0.25) is 0 Å². The van der Waals surface area contributed by atoms with Gasteiger partial charge >= 0.3 is 6.16 Å². The van der Waals surface area contributed by atoms with E-state index in [2.05, 4.69) is 18.6 Å². The molecule has 19 heavy (non-hydrogen) atoms. The van der Waals surface area contributed by atoms with Gasteiger partial charge in [-0.3, -0.25) is 0 Å². The standard InChI is InChI=1S/C14H30.C2H4O3/c1-3-5-7-9-11-13-14-12-10-8-6-4-2;1-5-2(3)4/h3-14H2,1-2H3;1H3,(H,3,4). The fraction of sp³-hybridized carbons (Fsp3) is 0.938. The van der Waals surface area contributed by atoms with E-state index < -0.39 is 6.16 Å². The maximum atomic E-state index is 9.15. The topological polar surface area (TPSA) is 46.5 Å². The van der Waals surface area contributed by atoms with Crippen LogP contribution >= 0.6 is 0 Å². The molecule has 0 spiro atoms. The van der Waals surface area contributed by atoms with Gasteiger partial charge in [0.1, 0.15) is 0 Å². The molecule has 0 rings (SSSR count). The van der Waals surface area contributed by atoms with Crippen LogP contribution in [0.4, 0.5) is 4.79 Å². The van der Waals surface area contributed by atoms with E-state index in [1.54, 1.807) is 0 Å². The Bertz CT molecular complexity index is 157. The second-order valence-corrected chi connectivity index (χ2v) is 5.01. The minimum atomic E-state index is -1.25. The van der Waals surface area contributed by atoms with Crippen molar-refractivity contribution < 1.29 is 14.6 Å². The molecular weight excluding hydrogens is 240 g/mol. The summed E-state index contributed by atoms with van der Waals surface area (Å²) in [5.74, 6) is 0. The van der Waals surface area contributed by atoms with Crippen molar-refractivity contribution in [3.63, 3.8) is 0 Å². The molecule has 3 heteroatoms. The normalized spacial score (nSPS) is 9.63. The molecule has 0 unspecified atom stereocenters. The largest absolute Gasteiger partial charge is 0.505 e. The lowest BCUT2D eigenvalue weighted by atomic mass is 10.1. The minimum Gasteiger partial charge on any atom is -0.450 e. The van der Waals surface area contributed by atoms with Gasteiger partial charge in [-0.2, -0.15) is 0 Å². The highest BCUT2D eigenvalue weighted by Crippen LogP contribution is 2.11. The Morgan fingerprint density at radius 1 is 0.737 bits per heavy atom. The van der Waals surface area contributed by atoms with Crippen LogP contribution < -0.4 is 0 Å². The summed E-state index contributed by atoms with van der Waals surface area (Å²) in [6.45, 7) is 4.57. The molecule has 0 aromatic heterocycles. The third kappa shape index (κ3) is 26.7. The maximum absolute atomic E-state index is 9.15. The molecule has 116 valence electrons. The van der Waals surface area contributed by atoms with Crippen LogP contribution in [-0.2, 0) is 4.74 Å². The maximum Gasteiger partial charge on any atom is 0.505 e. The van der Waals surface area contributed by atoms with E-state index in [-0.39, 0.29) is 0 Å². The Morgan fingerprint density at radius 2 is 0.947 bits per heavy atom. The summed E-state index contributed by atoms with van der Waals surface area (Å²) >= 11 is 0. The lowest BCUT2D eigenvalue weighted by Gasteiger charge is -2.01. The van der Waals surface area contributed by atoms with E-state index in [1.165, 1.54) is 77.0 Å². The molecule has 3 nitrogen and oxygen atoms in total. The van der Waals surface area contributed by atoms with Crippen LogP contribution in [-0.4, -0.2) is 18.4 Å². The molecule has 0 saturated carbocycles. The lowest BCUT2D eigenvalue weighted by Crippen LogP contribution is -1.91. The Hall–Kier alpha value is -0.730.